The Labute approximate surface area is 456 Å². The van der Waals surface area contributed by atoms with E-state index < -0.39 is 6.10 Å². The van der Waals surface area contributed by atoms with Gasteiger partial charge in [0.05, 0.1) is 0 Å². The molecule has 73 heavy (non-hydrogen) atoms. The number of ether oxygens (including phenoxy) is 3. The smallest absolute Gasteiger partial charge is 0.306 e. The molecule has 0 fully saturated rings. The van der Waals surface area contributed by atoms with Gasteiger partial charge in [0.1, 0.15) is 13.2 Å². The summed E-state index contributed by atoms with van der Waals surface area (Å²) in [7, 11) is 0. The molecule has 6 heteroatoms. The van der Waals surface area contributed by atoms with E-state index in [4.69, 9.17) is 14.2 Å². The van der Waals surface area contributed by atoms with Crippen molar-refractivity contribution >= 4 is 17.9 Å². The number of hydrogen-bond acceptors (Lipinski definition) is 6. The van der Waals surface area contributed by atoms with Crippen LogP contribution in [0.5, 0.6) is 0 Å². The van der Waals surface area contributed by atoms with Crippen molar-refractivity contribution in [3.8, 4) is 0 Å². The molecule has 0 N–H and O–H groups in total. The molecule has 0 radical (unpaired) electrons. The highest BCUT2D eigenvalue weighted by molar-refractivity contribution is 5.71. The van der Waals surface area contributed by atoms with E-state index in [1.54, 1.807) is 0 Å². The summed E-state index contributed by atoms with van der Waals surface area (Å²) in [5, 5.41) is 0. The molecule has 1 unspecified atom stereocenters. The van der Waals surface area contributed by atoms with Gasteiger partial charge in [-0.15, -0.1) is 0 Å². The van der Waals surface area contributed by atoms with Crippen LogP contribution in [0.3, 0.4) is 0 Å². The highest BCUT2D eigenvalue weighted by Crippen LogP contribution is 2.18. The second kappa shape index (κ2) is 62.7. The Hall–Kier alpha value is -1.85. The Bertz CT molecular complexity index is 1130. The third-order valence-electron chi connectivity index (χ3n) is 15.3. The Kier molecular flexibility index (Phi) is 61.1. The second-order valence-corrected chi connectivity index (χ2v) is 22.7. The van der Waals surface area contributed by atoms with Crippen molar-refractivity contribution in [3.63, 3.8) is 0 Å². The minimum Gasteiger partial charge on any atom is -0.462 e. The minimum absolute atomic E-state index is 0.0652. The lowest BCUT2D eigenvalue weighted by Crippen LogP contribution is -2.30. The van der Waals surface area contributed by atoms with Gasteiger partial charge in [-0.3, -0.25) is 14.4 Å². The van der Waals surface area contributed by atoms with Gasteiger partial charge in [0, 0.05) is 19.3 Å². The van der Waals surface area contributed by atoms with E-state index in [2.05, 4.69) is 32.9 Å². The van der Waals surface area contributed by atoms with E-state index in [-0.39, 0.29) is 31.1 Å². The van der Waals surface area contributed by atoms with Gasteiger partial charge in [-0.1, -0.05) is 328 Å². The first-order valence-corrected chi connectivity index (χ1v) is 33.2. The van der Waals surface area contributed by atoms with Crippen molar-refractivity contribution in [3.05, 3.63) is 12.2 Å². The van der Waals surface area contributed by atoms with Crippen molar-refractivity contribution in [2.24, 2.45) is 0 Å². The quantitative estimate of drug-likeness (QED) is 0.0261. The lowest BCUT2D eigenvalue weighted by Gasteiger charge is -2.18. The molecule has 0 amide bonds. The summed E-state index contributed by atoms with van der Waals surface area (Å²) in [6, 6.07) is 0. The molecule has 0 saturated heterocycles. The molecule has 0 heterocycles. The number of carbonyl (C=O) groups excluding carboxylic acids is 3. The van der Waals surface area contributed by atoms with Crippen LogP contribution in [0.15, 0.2) is 12.2 Å². The molecule has 0 aliphatic heterocycles. The third-order valence-corrected chi connectivity index (χ3v) is 15.3. The van der Waals surface area contributed by atoms with Crippen molar-refractivity contribution < 1.29 is 28.6 Å². The van der Waals surface area contributed by atoms with E-state index in [9.17, 15) is 14.4 Å². The van der Waals surface area contributed by atoms with Crippen molar-refractivity contribution in [1.29, 1.82) is 0 Å². The van der Waals surface area contributed by atoms with Gasteiger partial charge in [-0.25, -0.2) is 0 Å². The van der Waals surface area contributed by atoms with Crippen LogP contribution in [0.1, 0.15) is 380 Å². The van der Waals surface area contributed by atoms with Gasteiger partial charge in [0.15, 0.2) is 6.10 Å². The Morgan fingerprint density at radius 2 is 0.452 bits per heavy atom. The van der Waals surface area contributed by atoms with Crippen LogP contribution < -0.4 is 0 Å². The van der Waals surface area contributed by atoms with Gasteiger partial charge >= 0.3 is 17.9 Å². The number of unbranched alkanes of at least 4 members (excludes halogenated alkanes) is 49. The van der Waals surface area contributed by atoms with Crippen LogP contribution in [0.4, 0.5) is 0 Å². The standard InChI is InChI=1S/C67H128O6/c1-4-7-10-13-15-17-19-21-23-25-27-29-31-32-33-34-36-37-39-41-43-45-47-49-51-54-57-60-66(69)72-63-64(62-71-65(68)59-56-53-12-9-6-3)73-67(70)61-58-55-52-50-48-46-44-42-40-38-35-30-28-26-24-22-20-18-16-14-11-8-5-2/h26,28,64H,4-25,27,29-63H2,1-3H3/b28-26-. The predicted octanol–water partition coefficient (Wildman–Crippen LogP) is 22.4. The molecule has 432 valence electrons. The molecule has 0 spiro atoms. The third kappa shape index (κ3) is 60.9. The first kappa shape index (κ1) is 71.2. The Morgan fingerprint density at radius 3 is 0.685 bits per heavy atom. The fourth-order valence-corrected chi connectivity index (χ4v) is 10.3. The average Bonchev–Trinajstić information content (AvgIpc) is 3.39. The summed E-state index contributed by atoms with van der Waals surface area (Å²) in [6.45, 7) is 6.63. The molecule has 0 aliphatic carbocycles. The van der Waals surface area contributed by atoms with Crippen LogP contribution in [0.25, 0.3) is 0 Å². The fraction of sp³-hybridized carbons (Fsp3) is 0.925. The van der Waals surface area contributed by atoms with Gasteiger partial charge in [0.25, 0.3) is 0 Å². The zero-order chi connectivity index (χ0) is 52.9. The zero-order valence-corrected chi connectivity index (χ0v) is 49.7. The SMILES string of the molecule is CCCCCCCCCC/C=C\CCCCCCCCCCCCCC(=O)OC(COC(=O)CCCCCCC)COC(=O)CCCCCCCCCCCCCCCCCCCCCCCCCCCCC. The monoisotopic (exact) mass is 1030 g/mol. The molecule has 0 aromatic heterocycles. The zero-order valence-electron chi connectivity index (χ0n) is 49.7. The van der Waals surface area contributed by atoms with Gasteiger partial charge in [-0.05, 0) is 44.9 Å². The average molecular weight is 1030 g/mol. The van der Waals surface area contributed by atoms with Crippen molar-refractivity contribution in [1.82, 2.24) is 0 Å². The van der Waals surface area contributed by atoms with Crippen LogP contribution in [-0.2, 0) is 28.6 Å². The van der Waals surface area contributed by atoms with Gasteiger partial charge in [-0.2, -0.15) is 0 Å². The molecule has 6 nitrogen and oxygen atoms in total. The molecular weight excluding hydrogens is 901 g/mol. The molecule has 0 rings (SSSR count). The van der Waals surface area contributed by atoms with E-state index in [0.29, 0.717) is 19.3 Å². The predicted molar refractivity (Wildman–Crippen MR) is 317 cm³/mol. The topological polar surface area (TPSA) is 78.9 Å². The lowest BCUT2D eigenvalue weighted by molar-refractivity contribution is -0.167. The maximum absolute atomic E-state index is 12.8. The minimum atomic E-state index is -0.764. The van der Waals surface area contributed by atoms with Crippen molar-refractivity contribution in [2.45, 2.75) is 386 Å². The normalized spacial score (nSPS) is 12.0. The largest absolute Gasteiger partial charge is 0.462 e. The molecule has 0 aliphatic rings. The van der Waals surface area contributed by atoms with Crippen LogP contribution >= 0.6 is 0 Å². The van der Waals surface area contributed by atoms with Gasteiger partial charge < -0.3 is 14.2 Å². The molecule has 1 atom stereocenters. The van der Waals surface area contributed by atoms with Crippen LogP contribution in [0.2, 0.25) is 0 Å². The lowest BCUT2D eigenvalue weighted by atomic mass is 10.0. The molecule has 0 bridgehead atoms. The Balaban J connectivity index is 3.94. The van der Waals surface area contributed by atoms with E-state index in [1.807, 2.05) is 0 Å². The Morgan fingerprint density at radius 1 is 0.260 bits per heavy atom. The fourth-order valence-electron chi connectivity index (χ4n) is 10.3. The first-order chi connectivity index (χ1) is 36.0. The summed E-state index contributed by atoms with van der Waals surface area (Å²) >= 11 is 0. The highest BCUT2D eigenvalue weighted by Gasteiger charge is 2.19. The maximum atomic E-state index is 12.8. The summed E-state index contributed by atoms with van der Waals surface area (Å²) in [4.78, 5) is 37.9. The second-order valence-electron chi connectivity index (χ2n) is 22.7. The number of esters is 3. The van der Waals surface area contributed by atoms with Gasteiger partial charge in [0.2, 0.25) is 0 Å². The first-order valence-electron chi connectivity index (χ1n) is 33.2. The van der Waals surface area contributed by atoms with Crippen LogP contribution in [-0.4, -0.2) is 37.2 Å². The number of rotatable bonds is 62. The molecule has 0 aromatic rings. The molecule has 0 saturated carbocycles. The maximum Gasteiger partial charge on any atom is 0.306 e. The number of allylic oxidation sites excluding steroid dienone is 2. The summed E-state index contributed by atoms with van der Waals surface area (Å²) < 4.78 is 16.8. The molecule has 0 aromatic carbocycles. The highest BCUT2D eigenvalue weighted by atomic mass is 16.6. The van der Waals surface area contributed by atoms with E-state index in [1.165, 1.54) is 276 Å². The van der Waals surface area contributed by atoms with E-state index in [0.717, 1.165) is 64.2 Å². The number of hydrogen-bond donors (Lipinski definition) is 0. The van der Waals surface area contributed by atoms with Crippen molar-refractivity contribution in [2.75, 3.05) is 13.2 Å². The number of carbonyl (C=O) groups is 3. The summed E-state index contributed by atoms with van der Waals surface area (Å²) in [5.41, 5.74) is 0. The molecular formula is C67H128O6. The van der Waals surface area contributed by atoms with Crippen LogP contribution in [0, 0.1) is 0 Å². The summed E-state index contributed by atoms with van der Waals surface area (Å²) in [6.07, 6.45) is 74.3. The summed E-state index contributed by atoms with van der Waals surface area (Å²) in [5.74, 6) is -0.854. The van der Waals surface area contributed by atoms with E-state index >= 15 is 0 Å².